The molecular formula is C13H19BrF2N2. The van der Waals surface area contributed by atoms with Crippen molar-refractivity contribution in [3.8, 4) is 0 Å². The molecule has 2 N–H and O–H groups in total. The predicted molar refractivity (Wildman–Crippen MR) is 73.8 cm³/mol. The molecule has 1 aromatic rings. The lowest BCUT2D eigenvalue weighted by Gasteiger charge is -2.32. The SMILES string of the molecule is CCC(N)C(c1ccc(Br)cc1)N(C)CC(F)F. The van der Waals surface area contributed by atoms with E-state index in [1.165, 1.54) is 0 Å². The first-order valence-corrected chi connectivity index (χ1v) is 6.74. The van der Waals surface area contributed by atoms with E-state index in [0.29, 0.717) is 0 Å². The Morgan fingerprint density at radius 1 is 1.28 bits per heavy atom. The van der Waals surface area contributed by atoms with Crippen molar-refractivity contribution in [1.82, 2.24) is 4.90 Å². The van der Waals surface area contributed by atoms with E-state index in [4.69, 9.17) is 5.73 Å². The summed E-state index contributed by atoms with van der Waals surface area (Å²) in [5.41, 5.74) is 7.03. The summed E-state index contributed by atoms with van der Waals surface area (Å²) in [4.78, 5) is 1.63. The molecule has 0 saturated carbocycles. The van der Waals surface area contributed by atoms with E-state index < -0.39 is 6.43 Å². The van der Waals surface area contributed by atoms with E-state index in [9.17, 15) is 8.78 Å². The summed E-state index contributed by atoms with van der Waals surface area (Å²) < 4.78 is 26.0. The van der Waals surface area contributed by atoms with Crippen LogP contribution in [-0.2, 0) is 0 Å². The number of halogens is 3. The lowest BCUT2D eigenvalue weighted by Crippen LogP contribution is -2.40. The molecule has 0 aromatic heterocycles. The van der Waals surface area contributed by atoms with Gasteiger partial charge >= 0.3 is 0 Å². The van der Waals surface area contributed by atoms with Crippen LogP contribution in [0.5, 0.6) is 0 Å². The zero-order valence-electron chi connectivity index (χ0n) is 10.6. The molecule has 0 bridgehead atoms. The molecule has 0 amide bonds. The second-order valence-electron chi connectivity index (χ2n) is 4.40. The lowest BCUT2D eigenvalue weighted by molar-refractivity contribution is 0.0735. The Morgan fingerprint density at radius 2 is 1.83 bits per heavy atom. The molecule has 0 fully saturated rings. The highest BCUT2D eigenvalue weighted by Gasteiger charge is 2.24. The highest BCUT2D eigenvalue weighted by atomic mass is 79.9. The monoisotopic (exact) mass is 320 g/mol. The van der Waals surface area contributed by atoms with Gasteiger partial charge < -0.3 is 5.73 Å². The molecule has 0 aliphatic rings. The third-order valence-corrected chi connectivity index (χ3v) is 3.52. The average molecular weight is 321 g/mol. The summed E-state index contributed by atoms with van der Waals surface area (Å²) >= 11 is 3.36. The number of alkyl halides is 2. The molecule has 2 nitrogen and oxygen atoms in total. The van der Waals surface area contributed by atoms with E-state index in [0.717, 1.165) is 16.5 Å². The van der Waals surface area contributed by atoms with E-state index in [1.807, 2.05) is 31.2 Å². The largest absolute Gasteiger partial charge is 0.326 e. The standard InChI is InChI=1S/C13H19BrF2N2/c1-3-11(17)13(18(2)8-12(15)16)9-4-6-10(14)7-5-9/h4-7,11-13H,3,8,17H2,1-2H3. The second-order valence-corrected chi connectivity index (χ2v) is 5.31. The maximum atomic E-state index is 12.5. The van der Waals surface area contributed by atoms with E-state index >= 15 is 0 Å². The molecule has 0 aliphatic carbocycles. The van der Waals surface area contributed by atoms with Gasteiger partial charge in [0, 0.05) is 16.6 Å². The average Bonchev–Trinajstić information content (AvgIpc) is 2.30. The molecule has 1 aromatic carbocycles. The first kappa shape index (κ1) is 15.5. The van der Waals surface area contributed by atoms with Crippen molar-refractivity contribution in [2.45, 2.75) is 31.9 Å². The maximum absolute atomic E-state index is 12.5. The van der Waals surface area contributed by atoms with Gasteiger partial charge in [-0.05, 0) is 31.2 Å². The third kappa shape index (κ3) is 4.30. The summed E-state index contributed by atoms with van der Waals surface area (Å²) in [5, 5.41) is 0. The van der Waals surface area contributed by atoms with Crippen LogP contribution in [0.3, 0.4) is 0 Å². The van der Waals surface area contributed by atoms with Gasteiger partial charge in [-0.25, -0.2) is 8.78 Å². The van der Waals surface area contributed by atoms with Crippen LogP contribution in [-0.4, -0.2) is 31.0 Å². The Bertz CT molecular complexity index is 357. The van der Waals surface area contributed by atoms with Gasteiger partial charge in [0.25, 0.3) is 6.43 Å². The highest BCUT2D eigenvalue weighted by Crippen LogP contribution is 2.25. The molecule has 102 valence electrons. The molecule has 0 saturated heterocycles. The summed E-state index contributed by atoms with van der Waals surface area (Å²) in [5.74, 6) is 0. The molecule has 2 atom stereocenters. The number of hydrogen-bond donors (Lipinski definition) is 1. The summed E-state index contributed by atoms with van der Waals surface area (Å²) in [6.45, 7) is 1.70. The van der Waals surface area contributed by atoms with Gasteiger partial charge in [0.15, 0.2) is 0 Å². The summed E-state index contributed by atoms with van der Waals surface area (Å²) in [7, 11) is 1.69. The fraction of sp³-hybridized carbons (Fsp3) is 0.538. The van der Waals surface area contributed by atoms with Crippen LogP contribution in [0.1, 0.15) is 24.9 Å². The van der Waals surface area contributed by atoms with Gasteiger partial charge in [-0.2, -0.15) is 0 Å². The lowest BCUT2D eigenvalue weighted by atomic mass is 9.97. The first-order chi connectivity index (χ1) is 8.45. The minimum absolute atomic E-state index is 0.157. The van der Waals surface area contributed by atoms with Gasteiger partial charge in [0.05, 0.1) is 6.54 Å². The molecule has 0 radical (unpaired) electrons. The van der Waals surface area contributed by atoms with Crippen molar-refractivity contribution in [3.05, 3.63) is 34.3 Å². The number of nitrogens with zero attached hydrogens (tertiary/aromatic N) is 1. The predicted octanol–water partition coefficient (Wildman–Crippen LogP) is 3.42. The first-order valence-electron chi connectivity index (χ1n) is 5.95. The number of benzene rings is 1. The molecule has 0 spiro atoms. The Hall–Kier alpha value is -0.520. The van der Waals surface area contributed by atoms with Crippen LogP contribution in [0, 0.1) is 0 Å². The Labute approximate surface area is 115 Å². The van der Waals surface area contributed by atoms with Gasteiger partial charge in [-0.3, -0.25) is 4.90 Å². The van der Waals surface area contributed by atoms with Crippen LogP contribution in [0.25, 0.3) is 0 Å². The minimum Gasteiger partial charge on any atom is -0.326 e. The Balaban J connectivity index is 2.94. The van der Waals surface area contributed by atoms with Crippen LogP contribution >= 0.6 is 15.9 Å². The maximum Gasteiger partial charge on any atom is 0.251 e. The number of nitrogens with two attached hydrogens (primary N) is 1. The van der Waals surface area contributed by atoms with Gasteiger partial charge in [0.2, 0.25) is 0 Å². The molecule has 0 aliphatic heterocycles. The van der Waals surface area contributed by atoms with Crippen LogP contribution < -0.4 is 5.73 Å². The number of hydrogen-bond acceptors (Lipinski definition) is 2. The quantitative estimate of drug-likeness (QED) is 0.870. The van der Waals surface area contributed by atoms with Crippen molar-refractivity contribution in [1.29, 1.82) is 0 Å². The molecular weight excluding hydrogens is 302 g/mol. The minimum atomic E-state index is -2.35. The normalized spacial score (nSPS) is 15.1. The highest BCUT2D eigenvalue weighted by molar-refractivity contribution is 9.10. The third-order valence-electron chi connectivity index (χ3n) is 2.99. The van der Waals surface area contributed by atoms with Crippen molar-refractivity contribution in [3.63, 3.8) is 0 Å². The van der Waals surface area contributed by atoms with Crippen molar-refractivity contribution < 1.29 is 8.78 Å². The van der Waals surface area contributed by atoms with Crippen molar-refractivity contribution >= 4 is 15.9 Å². The Morgan fingerprint density at radius 3 is 2.28 bits per heavy atom. The Kier molecular flexibility index (Phi) is 6.18. The topological polar surface area (TPSA) is 29.3 Å². The number of rotatable bonds is 6. The van der Waals surface area contributed by atoms with Crippen LogP contribution in [0.4, 0.5) is 8.78 Å². The van der Waals surface area contributed by atoms with E-state index in [1.54, 1.807) is 11.9 Å². The summed E-state index contributed by atoms with van der Waals surface area (Å²) in [6, 6.07) is 7.31. The zero-order valence-corrected chi connectivity index (χ0v) is 12.2. The van der Waals surface area contributed by atoms with Gasteiger partial charge in [-0.1, -0.05) is 35.0 Å². The number of likely N-dealkylation sites (N-methyl/N-ethyl adjacent to an activating group) is 1. The molecule has 0 heterocycles. The fourth-order valence-electron chi connectivity index (χ4n) is 2.04. The zero-order chi connectivity index (χ0) is 13.7. The molecule has 1 rings (SSSR count). The molecule has 2 unspecified atom stereocenters. The van der Waals surface area contributed by atoms with Crippen LogP contribution in [0.2, 0.25) is 0 Å². The summed E-state index contributed by atoms with van der Waals surface area (Å²) in [6.07, 6.45) is -1.61. The molecule has 18 heavy (non-hydrogen) atoms. The molecule has 5 heteroatoms. The van der Waals surface area contributed by atoms with Gasteiger partial charge in [0.1, 0.15) is 0 Å². The van der Waals surface area contributed by atoms with Crippen molar-refractivity contribution in [2.75, 3.05) is 13.6 Å². The second kappa shape index (κ2) is 7.16. The van der Waals surface area contributed by atoms with Gasteiger partial charge in [-0.15, -0.1) is 0 Å². The van der Waals surface area contributed by atoms with Crippen LogP contribution in [0.15, 0.2) is 28.7 Å². The van der Waals surface area contributed by atoms with E-state index in [-0.39, 0.29) is 18.6 Å². The van der Waals surface area contributed by atoms with E-state index in [2.05, 4.69) is 15.9 Å². The van der Waals surface area contributed by atoms with Crippen molar-refractivity contribution in [2.24, 2.45) is 5.73 Å². The fourth-order valence-corrected chi connectivity index (χ4v) is 2.31. The smallest absolute Gasteiger partial charge is 0.251 e.